The fraction of sp³-hybridized carbons (Fsp3) is 0.571. The number of esters is 1. The highest BCUT2D eigenvalue weighted by Gasteiger charge is 2.12. The second-order valence-electron chi connectivity index (χ2n) is 4.51. The molecule has 0 spiro atoms. The fourth-order valence-electron chi connectivity index (χ4n) is 1.45. The highest BCUT2D eigenvalue weighted by Crippen LogP contribution is 2.08. The number of methoxy groups -OCH3 is 1. The van der Waals surface area contributed by atoms with Gasteiger partial charge in [-0.15, -0.1) is 0 Å². The molecule has 1 aromatic rings. The van der Waals surface area contributed by atoms with Gasteiger partial charge in [0.1, 0.15) is 0 Å². The van der Waals surface area contributed by atoms with Crippen LogP contribution in [0, 0.1) is 5.92 Å². The van der Waals surface area contributed by atoms with E-state index in [0.29, 0.717) is 30.4 Å². The average Bonchev–Trinajstić information content (AvgIpc) is 2.42. The number of rotatable bonds is 8. The number of ether oxygens (including phenoxy) is 3. The van der Waals surface area contributed by atoms with Crippen LogP contribution in [-0.2, 0) is 20.8 Å². The van der Waals surface area contributed by atoms with E-state index in [1.165, 1.54) is 7.11 Å². The molecule has 0 N–H and O–H groups in total. The standard InChI is InChI=1S/C14H21NO4/c1-11(2)9-18-7-8-19-10-13-12(14(16)17-3)5-4-6-15-13/h4-6,11H,7-10H2,1-3H3. The summed E-state index contributed by atoms with van der Waals surface area (Å²) in [5.41, 5.74) is 1.02. The molecule has 1 aromatic heterocycles. The van der Waals surface area contributed by atoms with E-state index >= 15 is 0 Å². The summed E-state index contributed by atoms with van der Waals surface area (Å²) in [7, 11) is 1.35. The highest BCUT2D eigenvalue weighted by atomic mass is 16.5. The Morgan fingerprint density at radius 3 is 2.74 bits per heavy atom. The summed E-state index contributed by atoms with van der Waals surface area (Å²) in [6.07, 6.45) is 1.63. The van der Waals surface area contributed by atoms with Gasteiger partial charge in [-0.3, -0.25) is 4.98 Å². The molecular formula is C14H21NO4. The van der Waals surface area contributed by atoms with Crippen LogP contribution in [0.5, 0.6) is 0 Å². The summed E-state index contributed by atoms with van der Waals surface area (Å²) in [4.78, 5) is 15.6. The summed E-state index contributed by atoms with van der Waals surface area (Å²) in [6.45, 7) is 6.20. The van der Waals surface area contributed by atoms with E-state index in [0.717, 1.165) is 6.61 Å². The van der Waals surface area contributed by atoms with Crippen LogP contribution >= 0.6 is 0 Å². The molecular weight excluding hydrogens is 246 g/mol. The summed E-state index contributed by atoms with van der Waals surface area (Å²) >= 11 is 0. The zero-order valence-corrected chi connectivity index (χ0v) is 11.7. The topological polar surface area (TPSA) is 57.7 Å². The largest absolute Gasteiger partial charge is 0.465 e. The Morgan fingerprint density at radius 1 is 1.32 bits per heavy atom. The van der Waals surface area contributed by atoms with E-state index in [2.05, 4.69) is 23.6 Å². The molecule has 0 aliphatic rings. The lowest BCUT2D eigenvalue weighted by Crippen LogP contribution is -2.11. The van der Waals surface area contributed by atoms with Crippen LogP contribution in [0.25, 0.3) is 0 Å². The van der Waals surface area contributed by atoms with Crippen LogP contribution in [-0.4, -0.2) is 37.9 Å². The molecule has 0 bridgehead atoms. The van der Waals surface area contributed by atoms with Gasteiger partial charge in [0.2, 0.25) is 0 Å². The number of hydrogen-bond donors (Lipinski definition) is 0. The summed E-state index contributed by atoms with van der Waals surface area (Å²) in [6, 6.07) is 3.37. The minimum absolute atomic E-state index is 0.274. The molecule has 5 nitrogen and oxygen atoms in total. The molecule has 0 atom stereocenters. The van der Waals surface area contributed by atoms with Gasteiger partial charge in [0.25, 0.3) is 0 Å². The Labute approximate surface area is 113 Å². The number of aromatic nitrogens is 1. The molecule has 0 radical (unpaired) electrons. The third-order valence-electron chi connectivity index (χ3n) is 2.36. The quantitative estimate of drug-likeness (QED) is 0.533. The van der Waals surface area contributed by atoms with Gasteiger partial charge < -0.3 is 14.2 Å². The number of carbonyl (C=O) groups excluding carboxylic acids is 1. The van der Waals surface area contributed by atoms with Crippen molar-refractivity contribution in [3.8, 4) is 0 Å². The Kier molecular flexibility index (Phi) is 7.07. The molecule has 0 amide bonds. The molecule has 1 rings (SSSR count). The maximum Gasteiger partial charge on any atom is 0.339 e. The van der Waals surface area contributed by atoms with Gasteiger partial charge in [-0.25, -0.2) is 4.79 Å². The van der Waals surface area contributed by atoms with Gasteiger partial charge in [0, 0.05) is 12.8 Å². The molecule has 1 heterocycles. The first-order valence-electron chi connectivity index (χ1n) is 6.32. The van der Waals surface area contributed by atoms with Gasteiger partial charge in [-0.1, -0.05) is 13.8 Å². The predicted octanol–water partition coefficient (Wildman–Crippen LogP) is 2.06. The SMILES string of the molecule is COC(=O)c1cccnc1COCCOCC(C)C. The number of carbonyl (C=O) groups is 1. The normalized spacial score (nSPS) is 10.7. The van der Waals surface area contributed by atoms with E-state index < -0.39 is 5.97 Å². The Balaban J connectivity index is 2.35. The van der Waals surface area contributed by atoms with E-state index in [-0.39, 0.29) is 6.61 Å². The molecule has 19 heavy (non-hydrogen) atoms. The average molecular weight is 267 g/mol. The molecule has 0 aromatic carbocycles. The van der Waals surface area contributed by atoms with Gasteiger partial charge in [0.05, 0.1) is 38.2 Å². The van der Waals surface area contributed by atoms with Crippen molar-refractivity contribution in [3.63, 3.8) is 0 Å². The van der Waals surface area contributed by atoms with E-state index in [1.54, 1.807) is 18.3 Å². The van der Waals surface area contributed by atoms with Gasteiger partial charge in [0.15, 0.2) is 0 Å². The first kappa shape index (κ1) is 15.6. The smallest absolute Gasteiger partial charge is 0.339 e. The van der Waals surface area contributed by atoms with Crippen LogP contribution in [0.4, 0.5) is 0 Å². The zero-order chi connectivity index (χ0) is 14.1. The summed E-state index contributed by atoms with van der Waals surface area (Å²) in [5, 5.41) is 0. The van der Waals surface area contributed by atoms with Crippen LogP contribution < -0.4 is 0 Å². The van der Waals surface area contributed by atoms with E-state index in [9.17, 15) is 4.79 Å². The first-order valence-corrected chi connectivity index (χ1v) is 6.32. The van der Waals surface area contributed by atoms with Crippen molar-refractivity contribution in [1.82, 2.24) is 4.98 Å². The van der Waals surface area contributed by atoms with E-state index in [1.807, 2.05) is 0 Å². The third kappa shape index (κ3) is 5.81. The Morgan fingerprint density at radius 2 is 2.05 bits per heavy atom. The van der Waals surface area contributed by atoms with Crippen LogP contribution in [0.3, 0.4) is 0 Å². The van der Waals surface area contributed by atoms with Crippen molar-refractivity contribution in [3.05, 3.63) is 29.6 Å². The molecule has 0 unspecified atom stereocenters. The van der Waals surface area contributed by atoms with Gasteiger partial charge in [-0.2, -0.15) is 0 Å². The maximum atomic E-state index is 11.5. The molecule has 106 valence electrons. The highest BCUT2D eigenvalue weighted by molar-refractivity contribution is 5.90. The van der Waals surface area contributed by atoms with Gasteiger partial charge >= 0.3 is 5.97 Å². The van der Waals surface area contributed by atoms with Gasteiger partial charge in [-0.05, 0) is 18.1 Å². The van der Waals surface area contributed by atoms with Crippen molar-refractivity contribution in [2.45, 2.75) is 20.5 Å². The number of hydrogen-bond acceptors (Lipinski definition) is 5. The van der Waals surface area contributed by atoms with Crippen molar-refractivity contribution in [2.24, 2.45) is 5.92 Å². The second-order valence-corrected chi connectivity index (χ2v) is 4.51. The molecule has 0 aliphatic heterocycles. The van der Waals surface area contributed by atoms with Crippen molar-refractivity contribution >= 4 is 5.97 Å². The van der Waals surface area contributed by atoms with Crippen molar-refractivity contribution < 1.29 is 19.0 Å². The molecule has 0 saturated carbocycles. The fourth-order valence-corrected chi connectivity index (χ4v) is 1.45. The minimum Gasteiger partial charge on any atom is -0.465 e. The van der Waals surface area contributed by atoms with Crippen molar-refractivity contribution in [2.75, 3.05) is 26.9 Å². The molecule has 0 fully saturated rings. The monoisotopic (exact) mass is 267 g/mol. The van der Waals surface area contributed by atoms with Crippen LogP contribution in [0.15, 0.2) is 18.3 Å². The molecule has 0 saturated heterocycles. The predicted molar refractivity (Wildman–Crippen MR) is 70.9 cm³/mol. The zero-order valence-electron chi connectivity index (χ0n) is 11.7. The van der Waals surface area contributed by atoms with E-state index in [4.69, 9.17) is 9.47 Å². The first-order chi connectivity index (χ1) is 9.15. The lowest BCUT2D eigenvalue weighted by molar-refractivity contribution is 0.0297. The lowest BCUT2D eigenvalue weighted by atomic mass is 10.2. The third-order valence-corrected chi connectivity index (χ3v) is 2.36. The lowest BCUT2D eigenvalue weighted by Gasteiger charge is -2.09. The van der Waals surface area contributed by atoms with Crippen molar-refractivity contribution in [1.29, 1.82) is 0 Å². The van der Waals surface area contributed by atoms with Crippen LogP contribution in [0.1, 0.15) is 29.9 Å². The Bertz CT molecular complexity index is 393. The maximum absolute atomic E-state index is 11.5. The Hall–Kier alpha value is -1.46. The summed E-state index contributed by atoms with van der Waals surface area (Å²) in [5.74, 6) is 0.115. The second kappa shape index (κ2) is 8.61. The summed E-state index contributed by atoms with van der Waals surface area (Å²) < 4.78 is 15.5. The minimum atomic E-state index is -0.400. The van der Waals surface area contributed by atoms with Crippen LogP contribution in [0.2, 0.25) is 0 Å². The molecule has 5 heteroatoms. The molecule has 0 aliphatic carbocycles. The number of pyridine rings is 1. The number of nitrogens with zero attached hydrogens (tertiary/aromatic N) is 1.